The summed E-state index contributed by atoms with van der Waals surface area (Å²) in [4.78, 5) is 22.6. The Labute approximate surface area is 119 Å². The van der Waals surface area contributed by atoms with E-state index in [0.717, 1.165) is 6.42 Å². The minimum atomic E-state index is -0.226. The molecule has 0 aromatic heterocycles. The van der Waals surface area contributed by atoms with Crippen LogP contribution in [0.15, 0.2) is 24.3 Å². The predicted octanol–water partition coefficient (Wildman–Crippen LogP) is 2.33. The lowest BCUT2D eigenvalue weighted by Gasteiger charge is -2.24. The lowest BCUT2D eigenvalue weighted by molar-refractivity contribution is -0.124. The van der Waals surface area contributed by atoms with Gasteiger partial charge in [0.2, 0.25) is 5.91 Å². The van der Waals surface area contributed by atoms with Crippen LogP contribution in [-0.2, 0) is 9.59 Å². The average molecular weight is 278 g/mol. The Morgan fingerprint density at radius 3 is 2.30 bits per heavy atom. The molecular weight excluding hydrogens is 256 g/mol. The smallest absolute Gasteiger partial charge is 0.258 e. The molecule has 110 valence electrons. The number of hydrogen-bond acceptors (Lipinski definition) is 3. The highest BCUT2D eigenvalue weighted by Gasteiger charge is 2.17. The summed E-state index contributed by atoms with van der Waals surface area (Å²) in [5, 5.41) is 5.55. The van der Waals surface area contributed by atoms with Crippen LogP contribution in [0.5, 0.6) is 5.75 Å². The van der Waals surface area contributed by atoms with E-state index >= 15 is 0 Å². The van der Waals surface area contributed by atoms with E-state index in [2.05, 4.69) is 10.6 Å². The number of nitrogens with one attached hydrogen (secondary N) is 2. The molecule has 0 saturated carbocycles. The Kier molecular flexibility index (Phi) is 5.55. The second-order valence-electron chi connectivity index (χ2n) is 5.28. The minimum absolute atomic E-state index is 0.0249. The first-order chi connectivity index (χ1) is 9.32. The maximum atomic E-state index is 11.7. The summed E-state index contributed by atoms with van der Waals surface area (Å²) in [7, 11) is 0. The van der Waals surface area contributed by atoms with E-state index in [1.54, 1.807) is 24.3 Å². The van der Waals surface area contributed by atoms with Crippen LogP contribution in [0, 0.1) is 0 Å². The highest BCUT2D eigenvalue weighted by molar-refractivity contribution is 5.88. The first-order valence-corrected chi connectivity index (χ1v) is 6.64. The number of anilines is 1. The lowest BCUT2D eigenvalue weighted by atomic mass is 10.0. The van der Waals surface area contributed by atoms with Gasteiger partial charge >= 0.3 is 0 Å². The Hall–Kier alpha value is -2.04. The molecule has 0 saturated heterocycles. The first kappa shape index (κ1) is 16.0. The average Bonchev–Trinajstić information content (AvgIpc) is 2.37. The molecule has 1 rings (SSSR count). The van der Waals surface area contributed by atoms with Crippen LogP contribution < -0.4 is 15.4 Å². The van der Waals surface area contributed by atoms with Crippen molar-refractivity contribution in [2.45, 2.75) is 39.7 Å². The van der Waals surface area contributed by atoms with Crippen molar-refractivity contribution in [1.29, 1.82) is 0 Å². The number of carbonyl (C=O) groups is 2. The number of amides is 2. The summed E-state index contributed by atoms with van der Waals surface area (Å²) in [6, 6.07) is 6.88. The molecule has 0 bridgehead atoms. The highest BCUT2D eigenvalue weighted by Crippen LogP contribution is 2.15. The molecule has 0 radical (unpaired) electrons. The van der Waals surface area contributed by atoms with Crippen LogP contribution in [0.4, 0.5) is 5.69 Å². The number of rotatable bonds is 6. The summed E-state index contributed by atoms with van der Waals surface area (Å²) in [5.41, 5.74) is 0.469. The third-order valence-corrected chi connectivity index (χ3v) is 2.91. The van der Waals surface area contributed by atoms with Gasteiger partial charge in [0.15, 0.2) is 6.61 Å². The summed E-state index contributed by atoms with van der Waals surface area (Å²) in [6.45, 7) is 7.37. The zero-order chi connectivity index (χ0) is 15.2. The van der Waals surface area contributed by atoms with Crippen LogP contribution in [-0.4, -0.2) is 24.0 Å². The van der Waals surface area contributed by atoms with Crippen molar-refractivity contribution in [3.05, 3.63) is 24.3 Å². The van der Waals surface area contributed by atoms with Gasteiger partial charge in [-0.2, -0.15) is 0 Å². The number of carbonyl (C=O) groups excluding carboxylic acids is 2. The van der Waals surface area contributed by atoms with Gasteiger partial charge in [0.25, 0.3) is 5.91 Å². The van der Waals surface area contributed by atoms with E-state index in [0.29, 0.717) is 11.4 Å². The van der Waals surface area contributed by atoms with Crippen LogP contribution in [0.2, 0.25) is 0 Å². The second-order valence-corrected chi connectivity index (χ2v) is 5.28. The van der Waals surface area contributed by atoms with Gasteiger partial charge in [-0.3, -0.25) is 9.59 Å². The molecule has 2 N–H and O–H groups in total. The molecule has 20 heavy (non-hydrogen) atoms. The van der Waals surface area contributed by atoms with Crippen molar-refractivity contribution in [2.24, 2.45) is 0 Å². The molecule has 5 nitrogen and oxygen atoms in total. The van der Waals surface area contributed by atoms with E-state index in [4.69, 9.17) is 4.74 Å². The largest absolute Gasteiger partial charge is 0.484 e. The lowest BCUT2D eigenvalue weighted by Crippen LogP contribution is -2.44. The Morgan fingerprint density at radius 1 is 1.20 bits per heavy atom. The summed E-state index contributed by atoms with van der Waals surface area (Å²) >= 11 is 0. The van der Waals surface area contributed by atoms with Crippen LogP contribution in [0.3, 0.4) is 0 Å². The van der Waals surface area contributed by atoms with E-state index in [1.807, 2.05) is 20.8 Å². The zero-order valence-electron chi connectivity index (χ0n) is 12.4. The molecule has 0 heterocycles. The number of benzene rings is 1. The summed E-state index contributed by atoms with van der Waals surface area (Å²) < 4.78 is 5.39. The molecule has 0 spiro atoms. The molecule has 1 aromatic rings. The maximum absolute atomic E-state index is 11.7. The van der Waals surface area contributed by atoms with Gasteiger partial charge in [-0.1, -0.05) is 6.92 Å². The third kappa shape index (κ3) is 5.73. The van der Waals surface area contributed by atoms with Gasteiger partial charge in [0.05, 0.1) is 0 Å². The fourth-order valence-electron chi connectivity index (χ4n) is 1.49. The topological polar surface area (TPSA) is 67.4 Å². The van der Waals surface area contributed by atoms with E-state index in [-0.39, 0.29) is 24.0 Å². The number of ether oxygens (including phenoxy) is 1. The molecule has 0 unspecified atom stereocenters. The zero-order valence-corrected chi connectivity index (χ0v) is 12.4. The summed E-state index contributed by atoms with van der Waals surface area (Å²) in [5.74, 6) is 0.311. The van der Waals surface area contributed by atoms with Crippen molar-refractivity contribution >= 4 is 17.5 Å². The predicted molar refractivity (Wildman–Crippen MR) is 78.8 cm³/mol. The molecular formula is C15H22N2O3. The Bertz CT molecular complexity index is 467. The molecule has 2 amide bonds. The van der Waals surface area contributed by atoms with E-state index in [9.17, 15) is 9.59 Å². The van der Waals surface area contributed by atoms with E-state index in [1.165, 1.54) is 6.92 Å². The monoisotopic (exact) mass is 278 g/mol. The molecule has 0 aliphatic heterocycles. The molecule has 0 fully saturated rings. The first-order valence-electron chi connectivity index (χ1n) is 6.64. The SMILES string of the molecule is CCC(C)(C)NC(=O)COc1ccc(NC(C)=O)cc1. The van der Waals surface area contributed by atoms with Crippen LogP contribution in [0.25, 0.3) is 0 Å². The van der Waals surface area contributed by atoms with Crippen molar-refractivity contribution in [1.82, 2.24) is 5.32 Å². The van der Waals surface area contributed by atoms with Gasteiger partial charge in [-0.25, -0.2) is 0 Å². The van der Waals surface area contributed by atoms with Gasteiger partial charge in [-0.05, 0) is 44.5 Å². The van der Waals surface area contributed by atoms with Crippen molar-refractivity contribution in [2.75, 3.05) is 11.9 Å². The van der Waals surface area contributed by atoms with Crippen molar-refractivity contribution in [3.63, 3.8) is 0 Å². The molecule has 1 aromatic carbocycles. The fraction of sp³-hybridized carbons (Fsp3) is 0.467. The van der Waals surface area contributed by atoms with E-state index < -0.39 is 0 Å². The van der Waals surface area contributed by atoms with Gasteiger partial charge in [0, 0.05) is 18.2 Å². The fourth-order valence-corrected chi connectivity index (χ4v) is 1.49. The Balaban J connectivity index is 2.46. The third-order valence-electron chi connectivity index (χ3n) is 2.91. The quantitative estimate of drug-likeness (QED) is 0.839. The standard InChI is InChI=1S/C15H22N2O3/c1-5-15(3,4)17-14(19)10-20-13-8-6-12(7-9-13)16-11(2)18/h6-9H,5,10H2,1-4H3,(H,16,18)(H,17,19). The maximum Gasteiger partial charge on any atom is 0.258 e. The summed E-state index contributed by atoms with van der Waals surface area (Å²) in [6.07, 6.45) is 0.851. The van der Waals surface area contributed by atoms with Crippen molar-refractivity contribution < 1.29 is 14.3 Å². The minimum Gasteiger partial charge on any atom is -0.484 e. The van der Waals surface area contributed by atoms with Crippen molar-refractivity contribution in [3.8, 4) is 5.75 Å². The highest BCUT2D eigenvalue weighted by atomic mass is 16.5. The normalized spacial score (nSPS) is 10.8. The molecule has 5 heteroatoms. The molecule has 0 atom stereocenters. The van der Waals surface area contributed by atoms with Gasteiger partial charge in [0.1, 0.15) is 5.75 Å². The Morgan fingerprint density at radius 2 is 1.80 bits per heavy atom. The molecule has 0 aliphatic carbocycles. The van der Waals surface area contributed by atoms with Gasteiger partial charge < -0.3 is 15.4 Å². The number of hydrogen-bond donors (Lipinski definition) is 2. The van der Waals surface area contributed by atoms with Crippen LogP contribution >= 0.6 is 0 Å². The molecule has 0 aliphatic rings. The second kappa shape index (κ2) is 6.93. The van der Waals surface area contributed by atoms with Gasteiger partial charge in [-0.15, -0.1) is 0 Å². The van der Waals surface area contributed by atoms with Crippen LogP contribution in [0.1, 0.15) is 34.1 Å².